The number of aliphatic carboxylic acids is 1. The monoisotopic (exact) mass is 267 g/mol. The molecule has 0 aromatic heterocycles. The summed E-state index contributed by atoms with van der Waals surface area (Å²) in [6.07, 6.45) is 2.53. The standard InChI is InChI=1S/C14H18FNO3/c1-19-12-6-8-14(9-7-12,13(17)18)16-11-4-2-10(15)3-5-11/h2-5,12,16H,6-9H2,1H3,(H,17,18). The number of carboxylic acids is 1. The minimum Gasteiger partial charge on any atom is -0.480 e. The van der Waals surface area contributed by atoms with E-state index >= 15 is 0 Å². The third-order valence-corrected chi connectivity index (χ3v) is 3.76. The topological polar surface area (TPSA) is 58.6 Å². The summed E-state index contributed by atoms with van der Waals surface area (Å²) in [5.74, 6) is -1.20. The summed E-state index contributed by atoms with van der Waals surface area (Å²) in [6.45, 7) is 0. The lowest BCUT2D eigenvalue weighted by Gasteiger charge is -2.37. The van der Waals surface area contributed by atoms with Gasteiger partial charge in [0.2, 0.25) is 0 Å². The van der Waals surface area contributed by atoms with Crippen LogP contribution in [0, 0.1) is 5.82 Å². The molecule has 0 heterocycles. The molecule has 0 bridgehead atoms. The van der Waals surface area contributed by atoms with Crippen LogP contribution in [0.25, 0.3) is 0 Å². The first kappa shape index (κ1) is 13.8. The summed E-state index contributed by atoms with van der Waals surface area (Å²) in [7, 11) is 1.64. The Balaban J connectivity index is 2.12. The Bertz CT molecular complexity index is 439. The Labute approximate surface area is 111 Å². The molecule has 2 rings (SSSR count). The molecule has 0 atom stereocenters. The van der Waals surface area contributed by atoms with Crippen LogP contribution < -0.4 is 5.32 Å². The fourth-order valence-corrected chi connectivity index (χ4v) is 2.52. The maximum atomic E-state index is 12.9. The van der Waals surface area contributed by atoms with Gasteiger partial charge in [0.25, 0.3) is 0 Å². The molecule has 5 heteroatoms. The van der Waals surface area contributed by atoms with Gasteiger partial charge >= 0.3 is 5.97 Å². The van der Waals surface area contributed by atoms with E-state index in [1.165, 1.54) is 12.1 Å². The quantitative estimate of drug-likeness (QED) is 0.880. The number of ether oxygens (including phenoxy) is 1. The van der Waals surface area contributed by atoms with Crippen molar-refractivity contribution in [2.24, 2.45) is 0 Å². The molecule has 0 saturated heterocycles. The molecule has 1 aliphatic rings. The summed E-state index contributed by atoms with van der Waals surface area (Å²) in [5, 5.41) is 12.5. The maximum Gasteiger partial charge on any atom is 0.329 e. The summed E-state index contributed by atoms with van der Waals surface area (Å²) < 4.78 is 18.1. The first-order valence-electron chi connectivity index (χ1n) is 6.36. The van der Waals surface area contributed by atoms with Crippen LogP contribution in [0.2, 0.25) is 0 Å². The first-order valence-corrected chi connectivity index (χ1v) is 6.36. The molecule has 1 aliphatic carbocycles. The molecule has 0 amide bonds. The van der Waals surface area contributed by atoms with Crippen LogP contribution in [0.3, 0.4) is 0 Å². The van der Waals surface area contributed by atoms with Gasteiger partial charge in [-0.15, -0.1) is 0 Å². The van der Waals surface area contributed by atoms with E-state index < -0.39 is 11.5 Å². The largest absolute Gasteiger partial charge is 0.480 e. The van der Waals surface area contributed by atoms with Crippen LogP contribution in [0.1, 0.15) is 25.7 Å². The summed E-state index contributed by atoms with van der Waals surface area (Å²) in [4.78, 5) is 11.6. The van der Waals surface area contributed by atoms with Gasteiger partial charge in [-0.05, 0) is 49.9 Å². The number of nitrogens with one attached hydrogen (secondary N) is 1. The van der Waals surface area contributed by atoms with Crippen LogP contribution in [-0.4, -0.2) is 29.8 Å². The van der Waals surface area contributed by atoms with Crippen molar-refractivity contribution in [2.75, 3.05) is 12.4 Å². The number of methoxy groups -OCH3 is 1. The van der Waals surface area contributed by atoms with Crippen molar-refractivity contribution in [1.82, 2.24) is 0 Å². The summed E-state index contributed by atoms with van der Waals surface area (Å²) >= 11 is 0. The molecule has 0 unspecified atom stereocenters. The van der Waals surface area contributed by atoms with Crippen LogP contribution in [0.4, 0.5) is 10.1 Å². The van der Waals surface area contributed by atoms with Gasteiger partial charge in [-0.25, -0.2) is 9.18 Å². The predicted octanol–water partition coefficient (Wildman–Crippen LogP) is 2.65. The van der Waals surface area contributed by atoms with E-state index in [-0.39, 0.29) is 11.9 Å². The van der Waals surface area contributed by atoms with Crippen molar-refractivity contribution >= 4 is 11.7 Å². The van der Waals surface area contributed by atoms with E-state index in [0.717, 1.165) is 0 Å². The second kappa shape index (κ2) is 5.57. The van der Waals surface area contributed by atoms with Gasteiger partial charge in [0.1, 0.15) is 11.4 Å². The maximum absolute atomic E-state index is 12.9. The fraction of sp³-hybridized carbons (Fsp3) is 0.500. The highest BCUT2D eigenvalue weighted by Crippen LogP contribution is 2.33. The number of benzene rings is 1. The summed E-state index contributed by atoms with van der Waals surface area (Å²) in [5.41, 5.74) is -0.355. The number of carboxylic acid groups (broad SMARTS) is 1. The highest BCUT2D eigenvalue weighted by atomic mass is 19.1. The molecular weight excluding hydrogens is 249 g/mol. The van der Waals surface area contributed by atoms with Crippen molar-refractivity contribution in [3.05, 3.63) is 30.1 Å². The molecule has 1 aromatic rings. The Morgan fingerprint density at radius 1 is 1.37 bits per heavy atom. The van der Waals surface area contributed by atoms with E-state index in [9.17, 15) is 14.3 Å². The van der Waals surface area contributed by atoms with E-state index in [0.29, 0.717) is 31.4 Å². The molecule has 1 saturated carbocycles. The SMILES string of the molecule is COC1CCC(Nc2ccc(F)cc2)(C(=O)O)CC1. The van der Waals surface area contributed by atoms with E-state index in [4.69, 9.17) is 4.74 Å². The molecule has 19 heavy (non-hydrogen) atoms. The lowest BCUT2D eigenvalue weighted by Crippen LogP contribution is -2.50. The van der Waals surface area contributed by atoms with Crippen molar-refractivity contribution in [1.29, 1.82) is 0 Å². The number of hydrogen-bond donors (Lipinski definition) is 2. The van der Waals surface area contributed by atoms with Gasteiger partial charge in [-0.2, -0.15) is 0 Å². The molecule has 1 aromatic carbocycles. The van der Waals surface area contributed by atoms with Crippen LogP contribution in [0.15, 0.2) is 24.3 Å². The van der Waals surface area contributed by atoms with Crippen LogP contribution in [0.5, 0.6) is 0 Å². The average Bonchev–Trinajstić information content (AvgIpc) is 2.42. The predicted molar refractivity (Wildman–Crippen MR) is 69.7 cm³/mol. The Morgan fingerprint density at radius 3 is 2.42 bits per heavy atom. The zero-order valence-corrected chi connectivity index (χ0v) is 10.9. The molecule has 0 radical (unpaired) electrons. The molecule has 1 fully saturated rings. The van der Waals surface area contributed by atoms with Crippen molar-refractivity contribution in [2.45, 2.75) is 37.3 Å². The van der Waals surface area contributed by atoms with Crippen molar-refractivity contribution in [3.63, 3.8) is 0 Å². The molecular formula is C14H18FNO3. The normalized spacial score (nSPS) is 26.9. The Hall–Kier alpha value is -1.62. The minimum absolute atomic E-state index is 0.127. The number of halogens is 1. The second-order valence-corrected chi connectivity index (χ2v) is 4.95. The summed E-state index contributed by atoms with van der Waals surface area (Å²) in [6, 6.07) is 5.75. The molecule has 2 N–H and O–H groups in total. The molecule has 0 aliphatic heterocycles. The van der Waals surface area contributed by atoms with Crippen molar-refractivity contribution < 1.29 is 19.0 Å². The Kier molecular flexibility index (Phi) is 4.04. The van der Waals surface area contributed by atoms with Gasteiger partial charge < -0.3 is 15.2 Å². The second-order valence-electron chi connectivity index (χ2n) is 4.95. The lowest BCUT2D eigenvalue weighted by atomic mass is 9.80. The zero-order chi connectivity index (χ0) is 13.9. The fourth-order valence-electron chi connectivity index (χ4n) is 2.52. The highest BCUT2D eigenvalue weighted by Gasteiger charge is 2.42. The highest BCUT2D eigenvalue weighted by molar-refractivity contribution is 5.83. The van der Waals surface area contributed by atoms with Gasteiger partial charge in [-0.3, -0.25) is 0 Å². The van der Waals surface area contributed by atoms with Gasteiger partial charge in [-0.1, -0.05) is 0 Å². The van der Waals surface area contributed by atoms with Crippen molar-refractivity contribution in [3.8, 4) is 0 Å². The molecule has 104 valence electrons. The zero-order valence-electron chi connectivity index (χ0n) is 10.9. The number of hydrogen-bond acceptors (Lipinski definition) is 3. The average molecular weight is 267 g/mol. The molecule has 4 nitrogen and oxygen atoms in total. The molecule has 0 spiro atoms. The number of carbonyl (C=O) groups is 1. The van der Waals surface area contributed by atoms with Gasteiger partial charge in [0, 0.05) is 12.8 Å². The van der Waals surface area contributed by atoms with Crippen LogP contribution in [-0.2, 0) is 9.53 Å². The van der Waals surface area contributed by atoms with Gasteiger partial charge in [0.15, 0.2) is 0 Å². The third-order valence-electron chi connectivity index (χ3n) is 3.76. The smallest absolute Gasteiger partial charge is 0.329 e. The number of anilines is 1. The van der Waals surface area contributed by atoms with E-state index in [1.54, 1.807) is 19.2 Å². The van der Waals surface area contributed by atoms with Gasteiger partial charge in [0.05, 0.1) is 6.10 Å². The minimum atomic E-state index is -0.979. The lowest BCUT2D eigenvalue weighted by molar-refractivity contribution is -0.144. The first-order chi connectivity index (χ1) is 9.05. The van der Waals surface area contributed by atoms with E-state index in [2.05, 4.69) is 5.32 Å². The number of rotatable bonds is 4. The Morgan fingerprint density at radius 2 is 1.95 bits per heavy atom. The third kappa shape index (κ3) is 3.04. The van der Waals surface area contributed by atoms with Crippen LogP contribution >= 0.6 is 0 Å². The van der Waals surface area contributed by atoms with E-state index in [1.807, 2.05) is 0 Å².